The van der Waals surface area contributed by atoms with Crippen LogP contribution in [0, 0.1) is 5.92 Å². The highest BCUT2D eigenvalue weighted by molar-refractivity contribution is 5.81. The van der Waals surface area contributed by atoms with Gasteiger partial charge in [-0.1, -0.05) is 0 Å². The molecule has 102 valence electrons. The molecule has 2 unspecified atom stereocenters. The maximum atomic E-state index is 12.3. The van der Waals surface area contributed by atoms with Crippen LogP contribution < -0.4 is 0 Å². The number of carboxylic acids is 1. The number of aliphatic carboxylic acids is 1. The number of nitrogens with zero attached hydrogens (tertiary/aromatic N) is 2. The van der Waals surface area contributed by atoms with E-state index in [1.807, 2.05) is 16.7 Å². The third-order valence-corrected chi connectivity index (χ3v) is 4.12. The van der Waals surface area contributed by atoms with Gasteiger partial charge in [-0.25, -0.2) is 0 Å². The fraction of sp³-hybridized carbons (Fsp3) is 0.846. The lowest BCUT2D eigenvalue weighted by atomic mass is 9.97. The predicted molar refractivity (Wildman–Crippen MR) is 67.2 cm³/mol. The molecule has 0 radical (unpaired) electrons. The predicted octanol–water partition coefficient (Wildman–Crippen LogP) is 0.794. The summed E-state index contributed by atoms with van der Waals surface area (Å²) in [5.41, 5.74) is 0. The second kappa shape index (κ2) is 5.69. The van der Waals surface area contributed by atoms with Gasteiger partial charge in [-0.15, -0.1) is 0 Å². The smallest absolute Gasteiger partial charge is 0.307 e. The number of rotatable bonds is 3. The highest BCUT2D eigenvalue weighted by Gasteiger charge is 2.33. The Hall–Kier alpha value is -1.10. The molecule has 2 heterocycles. The maximum Gasteiger partial charge on any atom is 0.307 e. The van der Waals surface area contributed by atoms with Crippen molar-refractivity contribution < 1.29 is 14.7 Å². The fourth-order valence-electron chi connectivity index (χ4n) is 2.92. The lowest BCUT2D eigenvalue weighted by molar-refractivity contribution is -0.146. The minimum absolute atomic E-state index is 0.165. The quantitative estimate of drug-likeness (QED) is 0.809. The van der Waals surface area contributed by atoms with Gasteiger partial charge >= 0.3 is 5.97 Å². The Kier molecular flexibility index (Phi) is 4.22. The lowest BCUT2D eigenvalue weighted by Gasteiger charge is -2.36. The van der Waals surface area contributed by atoms with Crippen molar-refractivity contribution in [2.24, 2.45) is 5.92 Å². The molecule has 1 amide bonds. The van der Waals surface area contributed by atoms with E-state index in [1.165, 1.54) is 0 Å². The summed E-state index contributed by atoms with van der Waals surface area (Å²) in [6.07, 6.45) is 3.79. The van der Waals surface area contributed by atoms with Crippen molar-refractivity contribution in [1.82, 2.24) is 9.80 Å². The Morgan fingerprint density at radius 2 is 1.83 bits per heavy atom. The van der Waals surface area contributed by atoms with Crippen LogP contribution in [0.1, 0.15) is 32.6 Å². The summed E-state index contributed by atoms with van der Waals surface area (Å²) in [6, 6.07) is -0.176. The third kappa shape index (κ3) is 2.83. The molecule has 18 heavy (non-hydrogen) atoms. The van der Waals surface area contributed by atoms with Crippen LogP contribution in [0.15, 0.2) is 0 Å². The molecule has 2 atom stereocenters. The zero-order chi connectivity index (χ0) is 13.1. The van der Waals surface area contributed by atoms with E-state index in [2.05, 4.69) is 0 Å². The molecule has 2 saturated heterocycles. The lowest BCUT2D eigenvalue weighted by Crippen LogP contribution is -2.50. The summed E-state index contributed by atoms with van der Waals surface area (Å²) in [5, 5.41) is 9.07. The van der Waals surface area contributed by atoms with Crippen molar-refractivity contribution in [2.45, 2.75) is 38.6 Å². The van der Waals surface area contributed by atoms with Crippen molar-refractivity contribution >= 4 is 11.9 Å². The molecule has 0 aromatic carbocycles. The number of carbonyl (C=O) groups is 2. The first-order valence-corrected chi connectivity index (χ1v) is 6.85. The van der Waals surface area contributed by atoms with Gasteiger partial charge in [0.15, 0.2) is 0 Å². The zero-order valence-electron chi connectivity index (χ0n) is 11.0. The number of piperidine rings is 1. The van der Waals surface area contributed by atoms with Crippen molar-refractivity contribution in [1.29, 1.82) is 0 Å². The molecule has 5 nitrogen and oxygen atoms in total. The second-order valence-electron chi connectivity index (χ2n) is 5.38. The van der Waals surface area contributed by atoms with Crippen molar-refractivity contribution in [3.63, 3.8) is 0 Å². The number of likely N-dealkylation sites (tertiary alicyclic amines) is 2. The molecule has 1 N–H and O–H groups in total. The number of carboxylic acid groups (broad SMARTS) is 1. The van der Waals surface area contributed by atoms with Crippen LogP contribution in [0.25, 0.3) is 0 Å². The van der Waals surface area contributed by atoms with Crippen LogP contribution in [0.3, 0.4) is 0 Å². The number of hydrogen-bond donors (Lipinski definition) is 1. The second-order valence-corrected chi connectivity index (χ2v) is 5.38. The largest absolute Gasteiger partial charge is 0.481 e. The average Bonchev–Trinajstić information content (AvgIpc) is 2.91. The zero-order valence-corrected chi connectivity index (χ0v) is 11.0. The highest BCUT2D eigenvalue weighted by atomic mass is 16.4. The first kappa shape index (κ1) is 13.3. The molecular formula is C13H22N2O3. The first-order chi connectivity index (χ1) is 8.59. The Bertz CT molecular complexity index is 326. The fourth-order valence-corrected chi connectivity index (χ4v) is 2.92. The third-order valence-electron chi connectivity index (χ3n) is 4.12. The number of carbonyl (C=O) groups excluding carboxylic acids is 1. The summed E-state index contributed by atoms with van der Waals surface area (Å²) < 4.78 is 0. The van der Waals surface area contributed by atoms with Crippen LogP contribution in [-0.4, -0.2) is 59.0 Å². The van der Waals surface area contributed by atoms with Gasteiger partial charge in [0.25, 0.3) is 0 Å². The molecule has 2 aliphatic rings. The first-order valence-electron chi connectivity index (χ1n) is 6.85. The van der Waals surface area contributed by atoms with Crippen molar-refractivity contribution in [3.8, 4) is 0 Å². The Balaban J connectivity index is 1.93. The molecule has 0 bridgehead atoms. The van der Waals surface area contributed by atoms with Gasteiger partial charge in [-0.3, -0.25) is 14.5 Å². The van der Waals surface area contributed by atoms with Crippen LogP contribution >= 0.6 is 0 Å². The van der Waals surface area contributed by atoms with E-state index in [9.17, 15) is 9.59 Å². The molecule has 0 aromatic heterocycles. The maximum absolute atomic E-state index is 12.3. The summed E-state index contributed by atoms with van der Waals surface area (Å²) in [7, 11) is 0. The topological polar surface area (TPSA) is 60.9 Å². The molecule has 2 aliphatic heterocycles. The van der Waals surface area contributed by atoms with E-state index in [1.54, 1.807) is 0 Å². The van der Waals surface area contributed by atoms with Gasteiger partial charge < -0.3 is 10.0 Å². The Morgan fingerprint density at radius 3 is 2.44 bits per heavy atom. The Labute approximate surface area is 108 Å². The molecule has 0 saturated carbocycles. The van der Waals surface area contributed by atoms with Gasteiger partial charge in [0.1, 0.15) is 0 Å². The molecule has 2 rings (SSSR count). The summed E-state index contributed by atoms with van der Waals surface area (Å²) in [4.78, 5) is 27.2. The van der Waals surface area contributed by atoms with Crippen molar-refractivity contribution in [3.05, 3.63) is 0 Å². The van der Waals surface area contributed by atoms with E-state index in [0.29, 0.717) is 6.54 Å². The van der Waals surface area contributed by atoms with E-state index >= 15 is 0 Å². The molecule has 2 fully saturated rings. The minimum atomic E-state index is -0.736. The van der Waals surface area contributed by atoms with Gasteiger partial charge in [-0.2, -0.15) is 0 Å². The van der Waals surface area contributed by atoms with E-state index in [4.69, 9.17) is 5.11 Å². The van der Waals surface area contributed by atoms with Crippen LogP contribution in [0.5, 0.6) is 0 Å². The summed E-state index contributed by atoms with van der Waals surface area (Å²) >= 11 is 0. The SMILES string of the molecule is CC(C(=O)N1CCCC1)N1CCCC(C(=O)O)C1. The van der Waals surface area contributed by atoms with Gasteiger partial charge in [-0.05, 0) is 39.2 Å². The van der Waals surface area contributed by atoms with E-state index in [-0.39, 0.29) is 17.9 Å². The van der Waals surface area contributed by atoms with Crippen LogP contribution in [-0.2, 0) is 9.59 Å². The molecule has 5 heteroatoms. The number of hydrogen-bond acceptors (Lipinski definition) is 3. The van der Waals surface area contributed by atoms with E-state index in [0.717, 1.165) is 45.3 Å². The van der Waals surface area contributed by atoms with Gasteiger partial charge in [0.05, 0.1) is 12.0 Å². The van der Waals surface area contributed by atoms with Crippen molar-refractivity contribution in [2.75, 3.05) is 26.2 Å². The number of amides is 1. The monoisotopic (exact) mass is 254 g/mol. The van der Waals surface area contributed by atoms with Gasteiger partial charge in [0, 0.05) is 19.6 Å². The van der Waals surface area contributed by atoms with E-state index < -0.39 is 5.97 Å². The standard InChI is InChI=1S/C13H22N2O3/c1-10(12(16)14-6-2-3-7-14)15-8-4-5-11(9-15)13(17)18/h10-11H,2-9H2,1H3,(H,17,18). The van der Waals surface area contributed by atoms with Crippen LogP contribution in [0.4, 0.5) is 0 Å². The molecule has 0 spiro atoms. The van der Waals surface area contributed by atoms with Crippen LogP contribution in [0.2, 0.25) is 0 Å². The minimum Gasteiger partial charge on any atom is -0.481 e. The Morgan fingerprint density at radius 1 is 1.17 bits per heavy atom. The molecule has 0 aliphatic carbocycles. The van der Waals surface area contributed by atoms with Gasteiger partial charge in [0.2, 0.25) is 5.91 Å². The summed E-state index contributed by atoms with van der Waals surface area (Å²) in [6.45, 7) is 4.98. The summed E-state index contributed by atoms with van der Waals surface area (Å²) in [5.74, 6) is -0.883. The average molecular weight is 254 g/mol. The molecular weight excluding hydrogens is 232 g/mol. The molecule has 0 aromatic rings. The normalized spacial score (nSPS) is 27.2. The highest BCUT2D eigenvalue weighted by Crippen LogP contribution is 2.20.